The summed E-state index contributed by atoms with van der Waals surface area (Å²) in [6.07, 6.45) is 0. The molecule has 1 heterocycles. The number of rotatable bonds is 5. The van der Waals surface area contributed by atoms with E-state index in [0.717, 1.165) is 23.3 Å². The lowest BCUT2D eigenvalue weighted by Gasteiger charge is -2.11. The van der Waals surface area contributed by atoms with Crippen LogP contribution in [0.25, 0.3) is 0 Å². The van der Waals surface area contributed by atoms with Crippen molar-refractivity contribution in [2.24, 2.45) is 0 Å². The van der Waals surface area contributed by atoms with Gasteiger partial charge in [-0.15, -0.1) is 0 Å². The molecule has 1 aromatic heterocycles. The average molecular weight is 327 g/mol. The first-order valence-corrected chi connectivity index (χ1v) is 7.19. The zero-order valence-corrected chi connectivity index (χ0v) is 12.5. The molecular formula is C13H11ClN2O4S. The molecule has 1 aromatic carbocycles. The monoisotopic (exact) mass is 326 g/mol. The summed E-state index contributed by atoms with van der Waals surface area (Å²) in [5.41, 5.74) is 1.71. The maximum Gasteiger partial charge on any atom is 0.338 e. The highest BCUT2D eigenvalue weighted by molar-refractivity contribution is 7.08. The Hall–Kier alpha value is -2.12. The molecule has 0 aliphatic heterocycles. The van der Waals surface area contributed by atoms with E-state index >= 15 is 0 Å². The highest BCUT2D eigenvalue weighted by Crippen LogP contribution is 2.32. The third-order valence-corrected chi connectivity index (χ3v) is 4.14. The Kier molecular flexibility index (Phi) is 4.44. The van der Waals surface area contributed by atoms with Gasteiger partial charge in [-0.1, -0.05) is 11.6 Å². The summed E-state index contributed by atoms with van der Waals surface area (Å²) >= 11 is 7.52. The fourth-order valence-corrected chi connectivity index (χ4v) is 2.94. The zero-order chi connectivity index (χ0) is 15.6. The number of nitro benzene ring substituents is 1. The number of hydrogen-bond donors (Lipinski definition) is 2. The summed E-state index contributed by atoms with van der Waals surface area (Å²) in [4.78, 5) is 21.3. The largest absolute Gasteiger partial charge is 0.478 e. The fourth-order valence-electron chi connectivity index (χ4n) is 1.80. The number of nitrogens with zero attached hydrogens (tertiary/aromatic N) is 1. The van der Waals surface area contributed by atoms with Gasteiger partial charge in [-0.05, 0) is 28.8 Å². The molecule has 0 saturated heterocycles. The van der Waals surface area contributed by atoms with Crippen molar-refractivity contribution in [2.45, 2.75) is 13.5 Å². The van der Waals surface area contributed by atoms with E-state index in [1.807, 2.05) is 17.7 Å². The minimum atomic E-state index is -1.27. The Morgan fingerprint density at radius 2 is 2.19 bits per heavy atom. The number of halogens is 1. The molecule has 0 saturated carbocycles. The van der Waals surface area contributed by atoms with Crippen molar-refractivity contribution in [3.8, 4) is 0 Å². The third kappa shape index (κ3) is 3.32. The van der Waals surface area contributed by atoms with Gasteiger partial charge in [0.1, 0.15) is 0 Å². The van der Waals surface area contributed by atoms with E-state index < -0.39 is 10.9 Å². The van der Waals surface area contributed by atoms with Gasteiger partial charge in [0, 0.05) is 18.7 Å². The summed E-state index contributed by atoms with van der Waals surface area (Å²) in [5.74, 6) is -1.27. The summed E-state index contributed by atoms with van der Waals surface area (Å²) in [6.45, 7) is 2.34. The first kappa shape index (κ1) is 15.3. The molecular weight excluding hydrogens is 316 g/mol. The molecule has 0 atom stereocenters. The Bertz CT molecular complexity index is 714. The normalized spacial score (nSPS) is 10.4. The summed E-state index contributed by atoms with van der Waals surface area (Å²) in [7, 11) is 0. The van der Waals surface area contributed by atoms with Gasteiger partial charge in [-0.25, -0.2) is 4.79 Å². The van der Waals surface area contributed by atoms with E-state index in [1.165, 1.54) is 0 Å². The number of carboxylic acid groups (broad SMARTS) is 1. The number of benzene rings is 1. The van der Waals surface area contributed by atoms with E-state index in [-0.39, 0.29) is 22.0 Å². The van der Waals surface area contributed by atoms with Crippen LogP contribution in [0.4, 0.5) is 11.4 Å². The number of non-ortho nitro benzene ring substituents is 1. The first-order chi connectivity index (χ1) is 9.90. The molecule has 8 heteroatoms. The van der Waals surface area contributed by atoms with Crippen LogP contribution in [-0.2, 0) is 6.54 Å². The van der Waals surface area contributed by atoms with Crippen LogP contribution in [0, 0.1) is 17.0 Å². The molecule has 2 rings (SSSR count). The molecule has 0 amide bonds. The quantitative estimate of drug-likeness (QED) is 0.641. The van der Waals surface area contributed by atoms with E-state index in [2.05, 4.69) is 5.32 Å². The van der Waals surface area contributed by atoms with E-state index in [0.29, 0.717) is 6.54 Å². The molecule has 0 aliphatic carbocycles. The van der Waals surface area contributed by atoms with Crippen LogP contribution < -0.4 is 5.32 Å². The summed E-state index contributed by atoms with van der Waals surface area (Å²) in [6, 6.07) is 2.13. The Balaban J connectivity index is 2.36. The van der Waals surface area contributed by atoms with Crippen molar-refractivity contribution in [3.05, 3.63) is 54.7 Å². The van der Waals surface area contributed by atoms with Gasteiger partial charge in [0.2, 0.25) is 0 Å². The molecule has 0 radical (unpaired) electrons. The van der Waals surface area contributed by atoms with E-state index in [1.54, 1.807) is 11.3 Å². The van der Waals surface area contributed by atoms with Gasteiger partial charge >= 0.3 is 5.97 Å². The SMILES string of the molecule is Cc1cscc1CNc1c(Cl)cc([N+](=O)[O-])cc1C(=O)O. The molecule has 0 fully saturated rings. The molecule has 2 aromatic rings. The second-order valence-corrected chi connectivity index (χ2v) is 5.50. The van der Waals surface area contributed by atoms with Crippen LogP contribution in [-0.4, -0.2) is 16.0 Å². The Labute approximate surface area is 129 Å². The molecule has 2 N–H and O–H groups in total. The Morgan fingerprint density at radius 1 is 1.48 bits per heavy atom. The lowest BCUT2D eigenvalue weighted by molar-refractivity contribution is -0.384. The molecule has 0 bridgehead atoms. The topological polar surface area (TPSA) is 92.5 Å². The van der Waals surface area contributed by atoms with Crippen LogP contribution in [0.3, 0.4) is 0 Å². The number of nitro groups is 1. The molecule has 6 nitrogen and oxygen atoms in total. The van der Waals surface area contributed by atoms with Crippen molar-refractivity contribution < 1.29 is 14.8 Å². The van der Waals surface area contributed by atoms with Gasteiger partial charge in [0.25, 0.3) is 5.69 Å². The number of thiophene rings is 1. The van der Waals surface area contributed by atoms with Gasteiger partial charge in [-0.3, -0.25) is 10.1 Å². The molecule has 0 unspecified atom stereocenters. The van der Waals surface area contributed by atoms with Crippen LogP contribution in [0.2, 0.25) is 5.02 Å². The number of aryl methyl sites for hydroxylation is 1. The predicted molar refractivity (Wildman–Crippen MR) is 81.4 cm³/mol. The van der Waals surface area contributed by atoms with Crippen LogP contribution >= 0.6 is 22.9 Å². The average Bonchev–Trinajstić information content (AvgIpc) is 2.81. The minimum absolute atomic E-state index is 0.00878. The molecule has 110 valence electrons. The number of nitrogens with one attached hydrogen (secondary N) is 1. The number of carboxylic acids is 1. The predicted octanol–water partition coefficient (Wildman–Crippen LogP) is 3.93. The van der Waals surface area contributed by atoms with Crippen LogP contribution in [0.1, 0.15) is 21.5 Å². The zero-order valence-electron chi connectivity index (χ0n) is 10.9. The van der Waals surface area contributed by atoms with Crippen molar-refractivity contribution in [3.63, 3.8) is 0 Å². The second kappa shape index (κ2) is 6.11. The van der Waals surface area contributed by atoms with Crippen LogP contribution in [0.15, 0.2) is 22.9 Å². The number of aromatic carboxylic acids is 1. The second-order valence-electron chi connectivity index (χ2n) is 4.35. The maximum absolute atomic E-state index is 11.3. The fraction of sp³-hybridized carbons (Fsp3) is 0.154. The smallest absolute Gasteiger partial charge is 0.338 e. The molecule has 0 spiro atoms. The lowest BCUT2D eigenvalue weighted by atomic mass is 10.1. The van der Waals surface area contributed by atoms with Crippen molar-refractivity contribution >= 4 is 40.3 Å². The van der Waals surface area contributed by atoms with Gasteiger partial charge < -0.3 is 10.4 Å². The third-order valence-electron chi connectivity index (χ3n) is 2.93. The number of hydrogen-bond acceptors (Lipinski definition) is 5. The highest BCUT2D eigenvalue weighted by atomic mass is 35.5. The van der Waals surface area contributed by atoms with Crippen molar-refractivity contribution in [1.82, 2.24) is 0 Å². The van der Waals surface area contributed by atoms with Crippen molar-refractivity contribution in [2.75, 3.05) is 5.32 Å². The van der Waals surface area contributed by atoms with Gasteiger partial charge in [0.05, 0.1) is 21.2 Å². The highest BCUT2D eigenvalue weighted by Gasteiger charge is 2.20. The van der Waals surface area contributed by atoms with Gasteiger partial charge in [0.15, 0.2) is 0 Å². The summed E-state index contributed by atoms with van der Waals surface area (Å²) in [5, 5.41) is 26.8. The maximum atomic E-state index is 11.3. The van der Waals surface area contributed by atoms with E-state index in [9.17, 15) is 20.0 Å². The standard InChI is InChI=1S/C13H11ClN2O4S/c1-7-5-21-6-8(7)4-15-12-10(13(17)18)2-9(16(19)20)3-11(12)14/h2-3,5-6,15H,4H2,1H3,(H,17,18). The Morgan fingerprint density at radius 3 is 2.71 bits per heavy atom. The van der Waals surface area contributed by atoms with Crippen LogP contribution in [0.5, 0.6) is 0 Å². The lowest BCUT2D eigenvalue weighted by Crippen LogP contribution is -2.08. The van der Waals surface area contributed by atoms with Crippen molar-refractivity contribution in [1.29, 1.82) is 0 Å². The first-order valence-electron chi connectivity index (χ1n) is 5.87. The minimum Gasteiger partial charge on any atom is -0.478 e. The number of carbonyl (C=O) groups is 1. The van der Waals surface area contributed by atoms with E-state index in [4.69, 9.17) is 11.6 Å². The number of anilines is 1. The molecule has 21 heavy (non-hydrogen) atoms. The molecule has 0 aliphatic rings. The summed E-state index contributed by atoms with van der Waals surface area (Å²) < 4.78 is 0. The van der Waals surface area contributed by atoms with Gasteiger partial charge in [-0.2, -0.15) is 11.3 Å².